The topological polar surface area (TPSA) is 76.2 Å². The number of benzene rings is 3. The Kier molecular flexibility index (Phi) is 6.90. The number of fused-ring (bicyclic) bond motifs is 1. The lowest BCUT2D eigenvalue weighted by Gasteiger charge is -2.10. The summed E-state index contributed by atoms with van der Waals surface area (Å²) >= 11 is 1.55. The molecule has 0 spiro atoms. The van der Waals surface area contributed by atoms with Crippen molar-refractivity contribution in [2.75, 3.05) is 0 Å². The molecule has 0 fully saturated rings. The van der Waals surface area contributed by atoms with E-state index >= 15 is 0 Å². The van der Waals surface area contributed by atoms with Gasteiger partial charge in [0, 0.05) is 22.2 Å². The first kappa shape index (κ1) is 23.8. The van der Waals surface area contributed by atoms with Crippen molar-refractivity contribution in [3.8, 4) is 11.1 Å². The van der Waals surface area contributed by atoms with Crippen LogP contribution in [0.4, 0.5) is 13.2 Å². The second-order valence-electron chi connectivity index (χ2n) is 7.87. The highest BCUT2D eigenvalue weighted by molar-refractivity contribution is 7.98. The number of carbonyl (C=O) groups is 1. The van der Waals surface area contributed by atoms with E-state index in [2.05, 4.69) is 4.98 Å². The Bertz CT molecular complexity index is 1310. The largest absolute Gasteiger partial charge is 0.480 e. The Morgan fingerprint density at radius 2 is 1.56 bits per heavy atom. The lowest BCUT2D eigenvalue weighted by molar-refractivity contribution is -0.139. The third-order valence-electron chi connectivity index (χ3n) is 5.44. The van der Waals surface area contributed by atoms with Crippen LogP contribution >= 0.6 is 11.8 Å². The molecule has 0 saturated carbocycles. The van der Waals surface area contributed by atoms with Gasteiger partial charge >= 0.3 is 12.1 Å². The molecule has 1 atom stereocenters. The van der Waals surface area contributed by atoms with Crippen LogP contribution in [0.1, 0.15) is 16.7 Å². The highest BCUT2D eigenvalue weighted by Gasteiger charge is 2.30. The lowest BCUT2D eigenvalue weighted by atomic mass is 10.0. The number of rotatable bonds is 7. The summed E-state index contributed by atoms with van der Waals surface area (Å²) in [6, 6.07) is 20.2. The molecule has 0 aliphatic heterocycles. The molecule has 0 amide bonds. The van der Waals surface area contributed by atoms with E-state index < -0.39 is 23.8 Å². The van der Waals surface area contributed by atoms with E-state index in [9.17, 15) is 18.0 Å². The van der Waals surface area contributed by atoms with E-state index in [0.717, 1.165) is 39.3 Å². The number of aliphatic carboxylic acids is 1. The fourth-order valence-corrected chi connectivity index (χ4v) is 4.55. The maximum Gasteiger partial charge on any atom is 0.416 e. The van der Waals surface area contributed by atoms with Crippen LogP contribution in [-0.4, -0.2) is 22.1 Å². The van der Waals surface area contributed by atoms with Gasteiger partial charge in [-0.2, -0.15) is 13.2 Å². The minimum absolute atomic E-state index is 0.271. The number of alkyl halides is 3. The highest BCUT2D eigenvalue weighted by atomic mass is 32.2. The predicted molar refractivity (Wildman–Crippen MR) is 127 cm³/mol. The van der Waals surface area contributed by atoms with Crippen LogP contribution in [0.2, 0.25) is 0 Å². The summed E-state index contributed by atoms with van der Waals surface area (Å²) in [6.45, 7) is 0. The molecule has 0 bridgehead atoms. The molecule has 0 aliphatic carbocycles. The zero-order valence-electron chi connectivity index (χ0n) is 17.9. The molecule has 0 saturated heterocycles. The summed E-state index contributed by atoms with van der Waals surface area (Å²) in [5.41, 5.74) is 9.18. The molecule has 4 rings (SSSR count). The smallest absolute Gasteiger partial charge is 0.416 e. The van der Waals surface area contributed by atoms with Crippen LogP contribution in [-0.2, 0) is 23.1 Å². The highest BCUT2D eigenvalue weighted by Crippen LogP contribution is 2.34. The summed E-state index contributed by atoms with van der Waals surface area (Å²) in [5, 5.41) is 9.63. The molecule has 1 unspecified atom stereocenters. The number of carboxylic acids is 1. The number of carboxylic acid groups (broad SMARTS) is 1. The molecule has 4 aromatic rings. The van der Waals surface area contributed by atoms with Gasteiger partial charge in [0.1, 0.15) is 6.04 Å². The minimum Gasteiger partial charge on any atom is -0.480 e. The molecule has 1 aromatic heterocycles. The number of pyridine rings is 1. The van der Waals surface area contributed by atoms with E-state index in [0.29, 0.717) is 16.7 Å². The van der Waals surface area contributed by atoms with E-state index in [4.69, 9.17) is 10.8 Å². The van der Waals surface area contributed by atoms with Crippen LogP contribution in [0, 0.1) is 0 Å². The average molecular weight is 483 g/mol. The molecule has 3 aromatic carbocycles. The molecule has 1 heterocycles. The Morgan fingerprint density at radius 3 is 2.15 bits per heavy atom. The maximum absolute atomic E-state index is 13.0. The van der Waals surface area contributed by atoms with Crippen molar-refractivity contribution >= 4 is 28.6 Å². The number of thioether (sulfide) groups is 1. The van der Waals surface area contributed by atoms with Gasteiger partial charge in [0.05, 0.1) is 11.1 Å². The van der Waals surface area contributed by atoms with Crippen molar-refractivity contribution in [3.05, 3.63) is 95.7 Å². The first-order valence-corrected chi connectivity index (χ1v) is 11.4. The van der Waals surface area contributed by atoms with Crippen molar-refractivity contribution in [2.45, 2.75) is 29.3 Å². The van der Waals surface area contributed by atoms with Gasteiger partial charge in [0.15, 0.2) is 0 Å². The van der Waals surface area contributed by atoms with E-state index in [1.807, 2.05) is 54.6 Å². The van der Waals surface area contributed by atoms with Crippen molar-refractivity contribution in [1.82, 2.24) is 4.98 Å². The number of nitrogens with two attached hydrogens (primary N) is 1. The van der Waals surface area contributed by atoms with Crippen molar-refractivity contribution in [1.29, 1.82) is 0 Å². The van der Waals surface area contributed by atoms with Crippen molar-refractivity contribution < 1.29 is 23.1 Å². The van der Waals surface area contributed by atoms with Crippen molar-refractivity contribution in [2.24, 2.45) is 5.73 Å². The summed E-state index contributed by atoms with van der Waals surface area (Å²) < 4.78 is 38.9. The van der Waals surface area contributed by atoms with Crippen LogP contribution in [0.15, 0.2) is 83.9 Å². The van der Waals surface area contributed by atoms with Gasteiger partial charge in [0.25, 0.3) is 0 Å². The number of hydrogen-bond acceptors (Lipinski definition) is 4. The summed E-state index contributed by atoms with van der Waals surface area (Å²) in [5.74, 6) is -0.366. The lowest BCUT2D eigenvalue weighted by Crippen LogP contribution is -2.32. The fraction of sp³-hybridized carbons (Fsp3) is 0.154. The fourth-order valence-electron chi connectivity index (χ4n) is 3.55. The summed E-state index contributed by atoms with van der Waals surface area (Å²) in [7, 11) is 0. The first-order valence-electron chi connectivity index (χ1n) is 10.5. The molecular weight excluding hydrogens is 461 g/mol. The van der Waals surface area contributed by atoms with Gasteiger partial charge in [-0.1, -0.05) is 54.6 Å². The Balaban J connectivity index is 1.43. The Morgan fingerprint density at radius 1 is 0.941 bits per heavy atom. The molecule has 34 heavy (non-hydrogen) atoms. The quantitative estimate of drug-likeness (QED) is 0.308. The number of nitrogens with zero attached hydrogens (tertiary/aromatic N) is 1. The van der Waals surface area contributed by atoms with E-state index in [1.54, 1.807) is 11.8 Å². The molecule has 0 radical (unpaired) electrons. The maximum atomic E-state index is 13.0. The Hall–Kier alpha value is -3.36. The summed E-state index contributed by atoms with van der Waals surface area (Å²) in [6.07, 6.45) is -2.60. The normalized spacial score (nSPS) is 12.6. The third-order valence-corrected chi connectivity index (χ3v) is 6.58. The predicted octanol–water partition coefficient (Wildman–Crippen LogP) is 6.17. The number of hydrogen-bond donors (Lipinski definition) is 2. The number of halogens is 3. The van der Waals surface area contributed by atoms with Crippen LogP contribution in [0.25, 0.3) is 22.0 Å². The standard InChI is InChI=1S/C26H21F3N2O2S/c27-26(28,29)20-9-10-21-23(14-20)31-12-11-24(21)34-15-17-3-7-19(8-4-17)18-5-1-16(2-6-18)13-22(30)25(32)33/h1-12,14,22H,13,15,30H2,(H,32,33). The molecule has 4 nitrogen and oxygen atoms in total. The van der Waals surface area contributed by atoms with Crippen LogP contribution in [0.5, 0.6) is 0 Å². The Labute approximate surface area is 198 Å². The second-order valence-corrected chi connectivity index (χ2v) is 8.89. The minimum atomic E-state index is -4.40. The molecule has 0 aliphatic rings. The number of aromatic nitrogens is 1. The third kappa shape index (κ3) is 5.58. The van der Waals surface area contributed by atoms with Crippen molar-refractivity contribution in [3.63, 3.8) is 0 Å². The van der Waals surface area contributed by atoms with E-state index in [-0.39, 0.29) is 6.42 Å². The molecule has 8 heteroatoms. The molecule has 174 valence electrons. The van der Waals surface area contributed by atoms with Gasteiger partial charge in [-0.25, -0.2) is 0 Å². The average Bonchev–Trinajstić information content (AvgIpc) is 2.82. The van der Waals surface area contributed by atoms with Gasteiger partial charge < -0.3 is 10.8 Å². The SMILES string of the molecule is NC(Cc1ccc(-c2ccc(CSc3ccnc4cc(C(F)(F)F)ccc34)cc2)cc1)C(=O)O. The monoisotopic (exact) mass is 482 g/mol. The van der Waals surface area contributed by atoms with Gasteiger partial charge in [-0.15, -0.1) is 11.8 Å². The van der Waals surface area contributed by atoms with Gasteiger partial charge in [-0.05, 0) is 46.9 Å². The first-order chi connectivity index (χ1) is 16.2. The van der Waals surface area contributed by atoms with E-state index in [1.165, 1.54) is 12.3 Å². The van der Waals surface area contributed by atoms with Gasteiger partial charge in [0.2, 0.25) is 0 Å². The van der Waals surface area contributed by atoms with Crippen LogP contribution < -0.4 is 5.73 Å². The van der Waals surface area contributed by atoms with Gasteiger partial charge in [-0.3, -0.25) is 9.78 Å². The van der Waals surface area contributed by atoms with Crippen LogP contribution in [0.3, 0.4) is 0 Å². The zero-order chi connectivity index (χ0) is 24.3. The molecular formula is C26H21F3N2O2S. The zero-order valence-corrected chi connectivity index (χ0v) is 18.7. The molecule has 3 N–H and O–H groups in total. The second kappa shape index (κ2) is 9.87. The summed E-state index contributed by atoms with van der Waals surface area (Å²) in [4.78, 5) is 15.9.